The van der Waals surface area contributed by atoms with Gasteiger partial charge in [-0.2, -0.15) is 0 Å². The predicted octanol–water partition coefficient (Wildman–Crippen LogP) is 18.6. The lowest BCUT2D eigenvalue weighted by Crippen LogP contribution is -2.45. The number of rotatable bonds is 56. The van der Waals surface area contributed by atoms with Crippen LogP contribution in [0, 0.1) is 0 Å². The lowest BCUT2D eigenvalue weighted by atomic mass is 10.0. The molecule has 0 aliphatic heterocycles. The Hall–Kier alpha value is -1.66. The van der Waals surface area contributed by atoms with Crippen molar-refractivity contribution in [1.82, 2.24) is 5.32 Å². The zero-order valence-electron chi connectivity index (χ0n) is 45.1. The van der Waals surface area contributed by atoms with Gasteiger partial charge in [-0.05, 0) is 70.6 Å². The highest BCUT2D eigenvalue weighted by Gasteiger charge is 2.20. The van der Waals surface area contributed by atoms with E-state index in [2.05, 4.69) is 43.5 Å². The first-order valence-electron chi connectivity index (χ1n) is 30.1. The Labute approximate surface area is 418 Å². The Morgan fingerprint density at radius 1 is 0.403 bits per heavy atom. The third-order valence-corrected chi connectivity index (χ3v) is 14.0. The van der Waals surface area contributed by atoms with Gasteiger partial charge in [-0.1, -0.05) is 269 Å². The van der Waals surface area contributed by atoms with Crippen molar-refractivity contribution in [1.29, 1.82) is 0 Å². The van der Waals surface area contributed by atoms with Gasteiger partial charge in [0, 0.05) is 12.8 Å². The molecule has 0 aromatic carbocycles. The summed E-state index contributed by atoms with van der Waals surface area (Å²) in [5.41, 5.74) is 0. The summed E-state index contributed by atoms with van der Waals surface area (Å²) in [6.45, 7) is 4.90. The van der Waals surface area contributed by atoms with Gasteiger partial charge in [0.2, 0.25) is 5.91 Å². The van der Waals surface area contributed by atoms with Crippen LogP contribution in [-0.4, -0.2) is 47.4 Å². The fraction of sp³-hybridized carbons (Fsp3) is 0.902. The molecule has 6 nitrogen and oxygen atoms in total. The van der Waals surface area contributed by atoms with Crippen molar-refractivity contribution in [2.24, 2.45) is 0 Å². The van der Waals surface area contributed by atoms with Crippen LogP contribution in [0.3, 0.4) is 0 Å². The van der Waals surface area contributed by atoms with Gasteiger partial charge < -0.3 is 20.3 Å². The quantitative estimate of drug-likeness (QED) is 0.0321. The van der Waals surface area contributed by atoms with Crippen LogP contribution in [0.2, 0.25) is 0 Å². The van der Waals surface area contributed by atoms with Gasteiger partial charge in [0.15, 0.2) is 0 Å². The standard InChI is InChI=1S/C61H117NO5/c1-3-5-7-9-11-13-15-16-17-18-19-20-21-22-23-24-25-27-30-34-37-41-45-49-53-59(64)58(57-63)62-60(65)54-50-46-42-38-35-31-28-26-29-32-36-40-44-48-52-56-67-61(66)55-51-47-43-39-33-14-12-10-8-6-4-2/h10,12,29,32,58-59,63-64H,3-9,11,13-28,30-31,33-57H2,1-2H3,(H,62,65)/b12-10-,32-29-. The number of allylic oxidation sites excluding steroid dienone is 4. The maximum absolute atomic E-state index is 12.5. The molecule has 2 atom stereocenters. The molecule has 0 fully saturated rings. The summed E-state index contributed by atoms with van der Waals surface area (Å²) < 4.78 is 5.44. The van der Waals surface area contributed by atoms with Crippen molar-refractivity contribution >= 4 is 11.9 Å². The molecule has 0 saturated carbocycles. The van der Waals surface area contributed by atoms with E-state index >= 15 is 0 Å². The maximum atomic E-state index is 12.5. The number of hydrogen-bond acceptors (Lipinski definition) is 5. The van der Waals surface area contributed by atoms with E-state index in [0.717, 1.165) is 70.6 Å². The minimum absolute atomic E-state index is 0.0205. The molecular weight excluding hydrogens is 827 g/mol. The van der Waals surface area contributed by atoms with Crippen LogP contribution >= 0.6 is 0 Å². The first-order valence-corrected chi connectivity index (χ1v) is 30.1. The fourth-order valence-electron chi connectivity index (χ4n) is 9.32. The Balaban J connectivity index is 3.47. The number of aliphatic hydroxyl groups is 2. The molecule has 1 amide bonds. The fourth-order valence-corrected chi connectivity index (χ4v) is 9.32. The molecule has 0 spiro atoms. The highest BCUT2D eigenvalue weighted by molar-refractivity contribution is 5.76. The number of esters is 1. The van der Waals surface area contributed by atoms with Crippen molar-refractivity contribution in [2.45, 2.75) is 341 Å². The van der Waals surface area contributed by atoms with Gasteiger partial charge >= 0.3 is 5.97 Å². The van der Waals surface area contributed by atoms with Crippen LogP contribution in [0.25, 0.3) is 0 Å². The van der Waals surface area contributed by atoms with E-state index < -0.39 is 12.1 Å². The minimum atomic E-state index is -0.676. The van der Waals surface area contributed by atoms with Gasteiger partial charge in [0.1, 0.15) is 0 Å². The van der Waals surface area contributed by atoms with Crippen LogP contribution in [0.15, 0.2) is 24.3 Å². The molecule has 0 aliphatic carbocycles. The van der Waals surface area contributed by atoms with E-state index in [1.165, 1.54) is 225 Å². The number of hydrogen-bond donors (Lipinski definition) is 3. The molecule has 0 aromatic rings. The summed E-state index contributed by atoms with van der Waals surface area (Å²) in [6, 6.07) is -0.554. The van der Waals surface area contributed by atoms with Gasteiger partial charge in [-0.15, -0.1) is 0 Å². The van der Waals surface area contributed by atoms with E-state index in [4.69, 9.17) is 4.74 Å². The highest BCUT2D eigenvalue weighted by atomic mass is 16.5. The second kappa shape index (κ2) is 56.9. The van der Waals surface area contributed by atoms with E-state index in [9.17, 15) is 19.8 Å². The van der Waals surface area contributed by atoms with E-state index in [1.807, 2.05) is 0 Å². The first kappa shape index (κ1) is 65.3. The van der Waals surface area contributed by atoms with Gasteiger partial charge in [-0.25, -0.2) is 0 Å². The Morgan fingerprint density at radius 3 is 1.10 bits per heavy atom. The molecule has 67 heavy (non-hydrogen) atoms. The average molecular weight is 945 g/mol. The van der Waals surface area contributed by atoms with E-state index in [0.29, 0.717) is 25.9 Å². The zero-order valence-corrected chi connectivity index (χ0v) is 45.1. The molecule has 0 saturated heterocycles. The van der Waals surface area contributed by atoms with Crippen molar-refractivity contribution in [3.63, 3.8) is 0 Å². The van der Waals surface area contributed by atoms with Crippen molar-refractivity contribution in [2.75, 3.05) is 13.2 Å². The zero-order chi connectivity index (χ0) is 48.6. The number of aliphatic hydroxyl groups excluding tert-OH is 2. The number of carbonyl (C=O) groups excluding carboxylic acids is 2. The molecular formula is C61H117NO5. The molecule has 0 rings (SSSR count). The van der Waals surface area contributed by atoms with Gasteiger partial charge in [0.25, 0.3) is 0 Å². The minimum Gasteiger partial charge on any atom is -0.466 e. The highest BCUT2D eigenvalue weighted by Crippen LogP contribution is 2.18. The van der Waals surface area contributed by atoms with E-state index in [-0.39, 0.29) is 18.5 Å². The third kappa shape index (κ3) is 53.5. The van der Waals surface area contributed by atoms with Crippen LogP contribution in [0.1, 0.15) is 328 Å². The number of ether oxygens (including phenoxy) is 1. The van der Waals surface area contributed by atoms with Crippen molar-refractivity contribution in [3.05, 3.63) is 24.3 Å². The van der Waals surface area contributed by atoms with Crippen LogP contribution in [0.5, 0.6) is 0 Å². The molecule has 2 unspecified atom stereocenters. The van der Waals surface area contributed by atoms with Crippen molar-refractivity contribution < 1.29 is 24.5 Å². The number of carbonyl (C=O) groups is 2. The third-order valence-electron chi connectivity index (χ3n) is 14.0. The molecule has 396 valence electrons. The van der Waals surface area contributed by atoms with Gasteiger partial charge in [0.05, 0.1) is 25.4 Å². The second-order valence-corrected chi connectivity index (χ2v) is 20.7. The van der Waals surface area contributed by atoms with Crippen LogP contribution in [-0.2, 0) is 14.3 Å². The predicted molar refractivity (Wildman–Crippen MR) is 292 cm³/mol. The van der Waals surface area contributed by atoms with Crippen LogP contribution in [0.4, 0.5) is 0 Å². The second-order valence-electron chi connectivity index (χ2n) is 20.7. The number of amides is 1. The molecule has 0 aliphatic rings. The summed E-state index contributed by atoms with van der Waals surface area (Å²) in [4.78, 5) is 24.5. The van der Waals surface area contributed by atoms with Gasteiger partial charge in [-0.3, -0.25) is 9.59 Å². The molecule has 0 bridgehead atoms. The monoisotopic (exact) mass is 944 g/mol. The Kier molecular flexibility index (Phi) is 55.5. The topological polar surface area (TPSA) is 95.9 Å². The Bertz CT molecular complexity index is 1040. The largest absolute Gasteiger partial charge is 0.466 e. The molecule has 0 aromatic heterocycles. The number of nitrogens with one attached hydrogen (secondary N) is 1. The molecule has 0 heterocycles. The van der Waals surface area contributed by atoms with Crippen LogP contribution < -0.4 is 5.32 Å². The summed E-state index contributed by atoms with van der Waals surface area (Å²) in [7, 11) is 0. The van der Waals surface area contributed by atoms with E-state index in [1.54, 1.807) is 0 Å². The summed E-state index contributed by atoms with van der Waals surface area (Å²) >= 11 is 0. The molecule has 6 heteroatoms. The normalized spacial score (nSPS) is 12.7. The first-order chi connectivity index (χ1) is 33.0. The SMILES string of the molecule is CCCC/C=C\CCCCCCCC(=O)OCCCCCC/C=C\CCCCCCCCCC(=O)NC(CO)C(O)CCCCCCCCCCCCCCCCCCCCCCCCCC. The van der Waals surface area contributed by atoms with Crippen molar-refractivity contribution in [3.8, 4) is 0 Å². The number of unbranched alkanes of at least 4 members (excludes halogenated alkanes) is 41. The molecule has 3 N–H and O–H groups in total. The Morgan fingerprint density at radius 2 is 0.716 bits per heavy atom. The molecule has 0 radical (unpaired) electrons. The smallest absolute Gasteiger partial charge is 0.305 e. The summed E-state index contributed by atoms with van der Waals surface area (Å²) in [6.07, 6.45) is 68.9. The lowest BCUT2D eigenvalue weighted by molar-refractivity contribution is -0.143. The average Bonchev–Trinajstić information content (AvgIpc) is 3.33. The lowest BCUT2D eigenvalue weighted by Gasteiger charge is -2.22. The summed E-state index contributed by atoms with van der Waals surface area (Å²) in [5, 5.41) is 23.4. The maximum Gasteiger partial charge on any atom is 0.305 e. The summed E-state index contributed by atoms with van der Waals surface area (Å²) in [5.74, 6) is -0.0678.